The van der Waals surface area contributed by atoms with Crippen LogP contribution in [0.15, 0.2) is 83.9 Å². The number of hydrogen-bond donors (Lipinski definition) is 1. The minimum absolute atomic E-state index is 0.0585. The van der Waals surface area contributed by atoms with Crippen molar-refractivity contribution in [2.75, 3.05) is 5.32 Å². The number of nitrogens with one attached hydrogen (secondary N) is 1. The fraction of sp³-hybridized carbons (Fsp3) is 0.125. The van der Waals surface area contributed by atoms with Gasteiger partial charge in [-0.1, -0.05) is 84.1 Å². The molecule has 0 fully saturated rings. The first-order valence-electron chi connectivity index (χ1n) is 9.47. The lowest BCUT2D eigenvalue weighted by molar-refractivity contribution is -0.115. The highest BCUT2D eigenvalue weighted by Gasteiger charge is 2.18. The highest BCUT2D eigenvalue weighted by atomic mass is 32.2. The van der Waals surface area contributed by atoms with E-state index >= 15 is 0 Å². The summed E-state index contributed by atoms with van der Waals surface area (Å²) in [5.74, 6) is -0.0585. The smallest absolute Gasteiger partial charge is 0.237 e. The molecule has 1 heterocycles. The molecule has 0 bridgehead atoms. The Kier molecular flexibility index (Phi) is 5.58. The lowest BCUT2D eigenvalue weighted by Gasteiger charge is -2.14. The number of hydrogen-bond acceptors (Lipinski definition) is 4. The molecule has 1 amide bonds. The molecule has 0 saturated heterocycles. The lowest BCUT2D eigenvalue weighted by Crippen LogP contribution is -2.22. The van der Waals surface area contributed by atoms with Crippen molar-refractivity contribution in [2.24, 2.45) is 0 Å². The zero-order valence-corrected chi connectivity index (χ0v) is 17.1. The number of amides is 1. The second-order valence-electron chi connectivity index (χ2n) is 6.88. The Morgan fingerprint density at radius 3 is 2.24 bits per heavy atom. The number of carbonyl (C=O) groups is 1. The van der Waals surface area contributed by atoms with Crippen LogP contribution in [0.5, 0.6) is 0 Å². The van der Waals surface area contributed by atoms with Crippen LogP contribution < -0.4 is 5.32 Å². The molecule has 0 aliphatic carbocycles. The van der Waals surface area contributed by atoms with Gasteiger partial charge in [-0.3, -0.25) is 4.79 Å². The maximum atomic E-state index is 12.6. The highest BCUT2D eigenvalue weighted by Crippen LogP contribution is 2.33. The standard InChI is InChI=1S/C24H21N3OS/c1-16-12-14-19(15-13-16)25-23(28)17(2)29-24-21-11-7-6-10-20(21)22(26-27-24)18-8-4-3-5-9-18/h3-15,17H,1-2H3,(H,25,28). The largest absolute Gasteiger partial charge is 0.325 e. The normalized spacial score (nSPS) is 11.9. The van der Waals surface area contributed by atoms with E-state index in [-0.39, 0.29) is 11.2 Å². The van der Waals surface area contributed by atoms with E-state index in [4.69, 9.17) is 0 Å². The van der Waals surface area contributed by atoms with Crippen LogP contribution in [0.4, 0.5) is 5.69 Å². The Labute approximate surface area is 174 Å². The van der Waals surface area contributed by atoms with Gasteiger partial charge in [0.1, 0.15) is 10.7 Å². The van der Waals surface area contributed by atoms with Crippen molar-refractivity contribution in [1.29, 1.82) is 0 Å². The van der Waals surface area contributed by atoms with Crippen molar-refractivity contribution in [2.45, 2.75) is 24.1 Å². The van der Waals surface area contributed by atoms with E-state index in [1.165, 1.54) is 11.8 Å². The van der Waals surface area contributed by atoms with Crippen molar-refractivity contribution in [3.05, 3.63) is 84.4 Å². The summed E-state index contributed by atoms with van der Waals surface area (Å²) in [7, 11) is 0. The molecule has 3 aromatic carbocycles. The average molecular weight is 400 g/mol. The number of rotatable bonds is 5. The second kappa shape index (κ2) is 8.45. The molecule has 5 heteroatoms. The van der Waals surface area contributed by atoms with Crippen LogP contribution in [-0.4, -0.2) is 21.4 Å². The first-order valence-corrected chi connectivity index (χ1v) is 10.3. The van der Waals surface area contributed by atoms with Gasteiger partial charge in [0.15, 0.2) is 0 Å². The monoisotopic (exact) mass is 399 g/mol. The molecule has 0 aliphatic heterocycles. The van der Waals surface area contributed by atoms with Gasteiger partial charge in [0.25, 0.3) is 0 Å². The number of aromatic nitrogens is 2. The summed E-state index contributed by atoms with van der Waals surface area (Å²) in [5.41, 5.74) is 3.83. The molecule has 144 valence electrons. The molecule has 4 nitrogen and oxygen atoms in total. The maximum Gasteiger partial charge on any atom is 0.237 e. The summed E-state index contributed by atoms with van der Waals surface area (Å²) in [6.07, 6.45) is 0. The Morgan fingerprint density at radius 1 is 0.862 bits per heavy atom. The van der Waals surface area contributed by atoms with Crippen LogP contribution in [0.3, 0.4) is 0 Å². The summed E-state index contributed by atoms with van der Waals surface area (Å²) in [6, 6.07) is 25.9. The van der Waals surface area contributed by atoms with Crippen molar-refractivity contribution in [1.82, 2.24) is 10.2 Å². The minimum Gasteiger partial charge on any atom is -0.325 e. The molecule has 29 heavy (non-hydrogen) atoms. The first-order chi connectivity index (χ1) is 14.1. The zero-order valence-electron chi connectivity index (χ0n) is 16.3. The van der Waals surface area contributed by atoms with E-state index < -0.39 is 0 Å². The number of aryl methyl sites for hydroxylation is 1. The average Bonchev–Trinajstić information content (AvgIpc) is 2.76. The quantitative estimate of drug-likeness (QED) is 0.436. The van der Waals surface area contributed by atoms with Crippen LogP contribution in [0.1, 0.15) is 12.5 Å². The topological polar surface area (TPSA) is 54.9 Å². The lowest BCUT2D eigenvalue weighted by atomic mass is 10.1. The third kappa shape index (κ3) is 4.30. The molecule has 0 spiro atoms. The number of nitrogens with zero attached hydrogens (tertiary/aromatic N) is 2. The summed E-state index contributed by atoms with van der Waals surface area (Å²) in [6.45, 7) is 3.91. The van der Waals surface area contributed by atoms with Gasteiger partial charge in [-0.25, -0.2) is 0 Å². The molecule has 1 aromatic heterocycles. The van der Waals surface area contributed by atoms with E-state index in [1.807, 2.05) is 92.7 Å². The third-order valence-corrected chi connectivity index (χ3v) is 5.77. The van der Waals surface area contributed by atoms with Crippen LogP contribution >= 0.6 is 11.8 Å². The van der Waals surface area contributed by atoms with Crippen LogP contribution in [-0.2, 0) is 4.79 Å². The van der Waals surface area contributed by atoms with Gasteiger partial charge in [0, 0.05) is 22.0 Å². The molecule has 1 atom stereocenters. The molecule has 0 aliphatic rings. The minimum atomic E-state index is -0.309. The van der Waals surface area contributed by atoms with Gasteiger partial charge in [-0.05, 0) is 26.0 Å². The Hall–Kier alpha value is -3.18. The van der Waals surface area contributed by atoms with Crippen molar-refractivity contribution >= 4 is 34.1 Å². The van der Waals surface area contributed by atoms with Crippen LogP contribution in [0.2, 0.25) is 0 Å². The number of thioether (sulfide) groups is 1. The Morgan fingerprint density at radius 2 is 1.52 bits per heavy atom. The van der Waals surface area contributed by atoms with Gasteiger partial charge in [-0.15, -0.1) is 10.2 Å². The van der Waals surface area contributed by atoms with Gasteiger partial charge in [0.05, 0.1) is 5.25 Å². The van der Waals surface area contributed by atoms with Gasteiger partial charge >= 0.3 is 0 Å². The molecular formula is C24H21N3OS. The maximum absolute atomic E-state index is 12.6. The zero-order chi connectivity index (χ0) is 20.2. The van der Waals surface area contributed by atoms with Gasteiger partial charge < -0.3 is 5.32 Å². The van der Waals surface area contributed by atoms with Crippen LogP contribution in [0, 0.1) is 6.92 Å². The fourth-order valence-electron chi connectivity index (χ4n) is 3.08. The fourth-order valence-corrected chi connectivity index (χ4v) is 3.97. The molecule has 1 N–H and O–H groups in total. The van der Waals surface area contributed by atoms with Crippen molar-refractivity contribution in [3.63, 3.8) is 0 Å². The number of fused-ring (bicyclic) bond motifs is 1. The van der Waals surface area contributed by atoms with E-state index in [0.717, 1.165) is 38.3 Å². The molecule has 0 saturated carbocycles. The predicted octanol–water partition coefficient (Wildman–Crippen LogP) is 5.72. The number of benzene rings is 3. The molecule has 4 rings (SSSR count). The molecular weight excluding hydrogens is 378 g/mol. The van der Waals surface area contributed by atoms with Crippen molar-refractivity contribution < 1.29 is 4.79 Å². The summed E-state index contributed by atoms with van der Waals surface area (Å²) < 4.78 is 0. The van der Waals surface area contributed by atoms with E-state index in [1.54, 1.807) is 0 Å². The van der Waals surface area contributed by atoms with Gasteiger partial charge in [0.2, 0.25) is 5.91 Å². The first kappa shape index (κ1) is 19.2. The highest BCUT2D eigenvalue weighted by molar-refractivity contribution is 8.00. The second-order valence-corrected chi connectivity index (χ2v) is 8.21. The number of anilines is 1. The van der Waals surface area contributed by atoms with Crippen LogP contribution in [0.25, 0.3) is 22.0 Å². The SMILES string of the molecule is Cc1ccc(NC(=O)C(C)Sc2nnc(-c3ccccc3)c3ccccc23)cc1. The third-order valence-electron chi connectivity index (χ3n) is 4.68. The Bertz CT molecular complexity index is 1140. The van der Waals surface area contributed by atoms with Crippen molar-refractivity contribution in [3.8, 4) is 11.3 Å². The summed E-state index contributed by atoms with van der Waals surface area (Å²) in [4.78, 5) is 12.6. The summed E-state index contributed by atoms with van der Waals surface area (Å²) >= 11 is 1.42. The molecule has 0 radical (unpaired) electrons. The van der Waals surface area contributed by atoms with E-state index in [9.17, 15) is 4.79 Å². The number of carbonyl (C=O) groups excluding carboxylic acids is 1. The van der Waals surface area contributed by atoms with E-state index in [0.29, 0.717) is 0 Å². The summed E-state index contributed by atoms with van der Waals surface area (Å²) in [5, 5.41) is 14.4. The molecule has 4 aromatic rings. The van der Waals surface area contributed by atoms with Gasteiger partial charge in [-0.2, -0.15) is 0 Å². The molecule has 1 unspecified atom stereocenters. The Balaban J connectivity index is 1.59. The predicted molar refractivity (Wildman–Crippen MR) is 120 cm³/mol. The van der Waals surface area contributed by atoms with E-state index in [2.05, 4.69) is 15.5 Å².